The largest absolute Gasteiger partial charge is 0.465 e. The minimum absolute atomic E-state index is 0.191. The van der Waals surface area contributed by atoms with Crippen LogP contribution in [0.15, 0.2) is 24.3 Å². The van der Waals surface area contributed by atoms with Crippen molar-refractivity contribution in [2.45, 2.75) is 25.6 Å². The van der Waals surface area contributed by atoms with Crippen LogP contribution in [0.2, 0.25) is 0 Å². The topological polar surface area (TPSA) is 64.0 Å². The molecule has 0 radical (unpaired) electrons. The molecule has 2 N–H and O–H groups in total. The first kappa shape index (κ1) is 13.8. The molecule has 5 nitrogen and oxygen atoms in total. The van der Waals surface area contributed by atoms with Crippen LogP contribution in [0.5, 0.6) is 0 Å². The van der Waals surface area contributed by atoms with E-state index in [-0.39, 0.29) is 6.10 Å². The number of β-amino-alcohol motifs (C(OH)–C–C–N with tert-alkyl or cyclic N) is 1. The first-order valence-electron chi connectivity index (χ1n) is 6.47. The van der Waals surface area contributed by atoms with E-state index in [9.17, 15) is 9.90 Å². The second-order valence-electron chi connectivity index (χ2n) is 5.13. The Kier molecular flexibility index (Phi) is 4.39. The van der Waals surface area contributed by atoms with Crippen LogP contribution in [-0.2, 0) is 13.1 Å². The molecule has 104 valence electrons. The number of likely N-dealkylation sites (tertiary alicyclic amines) is 1. The summed E-state index contributed by atoms with van der Waals surface area (Å²) in [6, 6.07) is 7.97. The second kappa shape index (κ2) is 6.04. The van der Waals surface area contributed by atoms with Crippen molar-refractivity contribution < 1.29 is 15.0 Å². The van der Waals surface area contributed by atoms with Crippen LogP contribution in [0.3, 0.4) is 0 Å². The lowest BCUT2D eigenvalue weighted by Crippen LogP contribution is -2.24. The first-order chi connectivity index (χ1) is 9.04. The molecule has 2 rings (SSSR count). The molecule has 1 aliphatic heterocycles. The molecule has 0 saturated carbocycles. The van der Waals surface area contributed by atoms with Crippen molar-refractivity contribution in [1.29, 1.82) is 0 Å². The predicted octanol–water partition coefficient (Wildman–Crippen LogP) is 1.36. The van der Waals surface area contributed by atoms with E-state index in [0.29, 0.717) is 6.54 Å². The minimum Gasteiger partial charge on any atom is -0.465 e. The third-order valence-electron chi connectivity index (χ3n) is 3.42. The van der Waals surface area contributed by atoms with Crippen molar-refractivity contribution in [2.24, 2.45) is 0 Å². The Morgan fingerprint density at radius 2 is 2.00 bits per heavy atom. The van der Waals surface area contributed by atoms with E-state index >= 15 is 0 Å². The Morgan fingerprint density at radius 3 is 2.53 bits per heavy atom. The highest BCUT2D eigenvalue weighted by Crippen LogP contribution is 2.14. The smallest absolute Gasteiger partial charge is 0.407 e. The van der Waals surface area contributed by atoms with E-state index in [4.69, 9.17) is 5.11 Å². The summed E-state index contributed by atoms with van der Waals surface area (Å²) in [5, 5.41) is 18.3. The maximum Gasteiger partial charge on any atom is 0.407 e. The SMILES string of the molecule is CN(Cc1ccc(CN2CCC(O)C2)cc1)C(=O)O. The van der Waals surface area contributed by atoms with Gasteiger partial charge in [0.05, 0.1) is 6.10 Å². The van der Waals surface area contributed by atoms with Crippen molar-refractivity contribution in [3.05, 3.63) is 35.4 Å². The first-order valence-corrected chi connectivity index (χ1v) is 6.47. The van der Waals surface area contributed by atoms with Gasteiger partial charge in [0.1, 0.15) is 0 Å². The Morgan fingerprint density at radius 1 is 1.37 bits per heavy atom. The molecule has 1 heterocycles. The molecule has 1 aliphatic rings. The summed E-state index contributed by atoms with van der Waals surface area (Å²) in [4.78, 5) is 14.2. The number of aliphatic hydroxyl groups is 1. The van der Waals surface area contributed by atoms with Gasteiger partial charge in [-0.3, -0.25) is 4.90 Å². The molecule has 5 heteroatoms. The number of carbonyl (C=O) groups is 1. The van der Waals surface area contributed by atoms with Crippen molar-refractivity contribution in [1.82, 2.24) is 9.80 Å². The number of amides is 1. The zero-order valence-electron chi connectivity index (χ0n) is 11.1. The summed E-state index contributed by atoms with van der Waals surface area (Å²) >= 11 is 0. The van der Waals surface area contributed by atoms with Gasteiger partial charge in [-0.15, -0.1) is 0 Å². The molecule has 1 fully saturated rings. The molecule has 1 aromatic rings. The zero-order valence-corrected chi connectivity index (χ0v) is 11.1. The third kappa shape index (κ3) is 3.94. The molecule has 0 aliphatic carbocycles. The Balaban J connectivity index is 1.89. The van der Waals surface area contributed by atoms with Gasteiger partial charge in [-0.1, -0.05) is 24.3 Å². The fraction of sp³-hybridized carbons (Fsp3) is 0.500. The molecule has 0 aromatic heterocycles. The molecule has 1 atom stereocenters. The van der Waals surface area contributed by atoms with Crippen molar-refractivity contribution in [3.63, 3.8) is 0 Å². The van der Waals surface area contributed by atoms with Gasteiger partial charge in [0, 0.05) is 33.2 Å². The van der Waals surface area contributed by atoms with Crippen LogP contribution in [0.4, 0.5) is 4.79 Å². The predicted molar refractivity (Wildman–Crippen MR) is 71.8 cm³/mol. The lowest BCUT2D eigenvalue weighted by Gasteiger charge is -2.16. The normalized spacial score (nSPS) is 19.6. The number of nitrogens with zero attached hydrogens (tertiary/aromatic N) is 2. The summed E-state index contributed by atoms with van der Waals surface area (Å²) in [6.07, 6.45) is -0.264. The van der Waals surface area contributed by atoms with E-state index in [1.54, 1.807) is 7.05 Å². The number of carboxylic acid groups (broad SMARTS) is 1. The molecule has 19 heavy (non-hydrogen) atoms. The molecule has 1 amide bonds. The quantitative estimate of drug-likeness (QED) is 0.862. The molecule has 1 aromatic carbocycles. The highest BCUT2D eigenvalue weighted by atomic mass is 16.4. The van der Waals surface area contributed by atoms with Crippen molar-refractivity contribution in [3.8, 4) is 0 Å². The van der Waals surface area contributed by atoms with Gasteiger partial charge >= 0.3 is 6.09 Å². The summed E-state index contributed by atoms with van der Waals surface area (Å²) in [5.74, 6) is 0. The third-order valence-corrected chi connectivity index (χ3v) is 3.42. The van der Waals surface area contributed by atoms with Gasteiger partial charge in [-0.05, 0) is 17.5 Å². The van der Waals surface area contributed by atoms with Crippen LogP contribution in [0.25, 0.3) is 0 Å². The van der Waals surface area contributed by atoms with Gasteiger partial charge < -0.3 is 15.1 Å². The molecule has 0 spiro atoms. The number of hydrogen-bond acceptors (Lipinski definition) is 3. The summed E-state index contributed by atoms with van der Waals surface area (Å²) in [6.45, 7) is 2.92. The van der Waals surface area contributed by atoms with E-state index < -0.39 is 6.09 Å². The summed E-state index contributed by atoms with van der Waals surface area (Å²) in [5.41, 5.74) is 2.17. The van der Waals surface area contributed by atoms with Crippen LogP contribution in [0, 0.1) is 0 Å². The van der Waals surface area contributed by atoms with Crippen LogP contribution < -0.4 is 0 Å². The fourth-order valence-electron chi connectivity index (χ4n) is 2.31. The number of rotatable bonds is 4. The molecule has 1 saturated heterocycles. The lowest BCUT2D eigenvalue weighted by atomic mass is 10.1. The Bertz CT molecular complexity index is 433. The number of aliphatic hydroxyl groups excluding tert-OH is 1. The van der Waals surface area contributed by atoms with Gasteiger partial charge in [0.25, 0.3) is 0 Å². The van der Waals surface area contributed by atoms with Gasteiger partial charge in [-0.2, -0.15) is 0 Å². The number of benzene rings is 1. The van der Waals surface area contributed by atoms with E-state index in [1.807, 2.05) is 24.3 Å². The van der Waals surface area contributed by atoms with E-state index in [0.717, 1.165) is 31.6 Å². The zero-order chi connectivity index (χ0) is 13.8. The lowest BCUT2D eigenvalue weighted by molar-refractivity contribution is 0.153. The molecule has 0 bridgehead atoms. The van der Waals surface area contributed by atoms with Crippen LogP contribution >= 0.6 is 0 Å². The van der Waals surface area contributed by atoms with Crippen LogP contribution in [-0.4, -0.2) is 52.3 Å². The highest BCUT2D eigenvalue weighted by Gasteiger charge is 2.19. The minimum atomic E-state index is -0.921. The van der Waals surface area contributed by atoms with Gasteiger partial charge in [0.15, 0.2) is 0 Å². The van der Waals surface area contributed by atoms with Crippen LogP contribution in [0.1, 0.15) is 17.5 Å². The van der Waals surface area contributed by atoms with E-state index in [1.165, 1.54) is 10.5 Å². The van der Waals surface area contributed by atoms with Crippen molar-refractivity contribution in [2.75, 3.05) is 20.1 Å². The fourth-order valence-corrected chi connectivity index (χ4v) is 2.31. The Hall–Kier alpha value is -1.59. The van der Waals surface area contributed by atoms with E-state index in [2.05, 4.69) is 4.90 Å². The maximum atomic E-state index is 10.7. The van der Waals surface area contributed by atoms with Gasteiger partial charge in [0.2, 0.25) is 0 Å². The van der Waals surface area contributed by atoms with Gasteiger partial charge in [-0.25, -0.2) is 4.79 Å². The maximum absolute atomic E-state index is 10.7. The summed E-state index contributed by atoms with van der Waals surface area (Å²) in [7, 11) is 1.56. The molecular formula is C14H20N2O3. The standard InChI is InChI=1S/C14H20N2O3/c1-15(14(18)19)8-11-2-4-12(5-3-11)9-16-7-6-13(17)10-16/h2-5,13,17H,6-10H2,1H3,(H,18,19). The number of hydrogen-bond donors (Lipinski definition) is 2. The Labute approximate surface area is 113 Å². The average molecular weight is 264 g/mol. The molecule has 1 unspecified atom stereocenters. The molecular weight excluding hydrogens is 244 g/mol. The average Bonchev–Trinajstić information content (AvgIpc) is 2.77. The highest BCUT2D eigenvalue weighted by molar-refractivity contribution is 5.64. The second-order valence-corrected chi connectivity index (χ2v) is 5.13. The summed E-state index contributed by atoms with van der Waals surface area (Å²) < 4.78 is 0. The van der Waals surface area contributed by atoms with Crippen molar-refractivity contribution >= 4 is 6.09 Å². The monoisotopic (exact) mass is 264 g/mol.